The SMILES string of the molecule is CN(CCCNCc1cncnc1)C1CCCCC1. The molecule has 0 aromatic carbocycles. The van der Waals surface area contributed by atoms with Crippen LogP contribution in [-0.2, 0) is 6.54 Å². The molecule has 4 heteroatoms. The van der Waals surface area contributed by atoms with E-state index in [0.717, 1.165) is 24.7 Å². The first-order valence-electron chi connectivity index (χ1n) is 7.51. The van der Waals surface area contributed by atoms with Crippen molar-refractivity contribution in [1.29, 1.82) is 0 Å². The Balaban J connectivity index is 1.54. The number of hydrogen-bond acceptors (Lipinski definition) is 4. The Morgan fingerprint density at radius 2 is 1.95 bits per heavy atom. The summed E-state index contributed by atoms with van der Waals surface area (Å²) in [5, 5.41) is 3.45. The summed E-state index contributed by atoms with van der Waals surface area (Å²) in [6, 6.07) is 0.830. The van der Waals surface area contributed by atoms with Crippen molar-refractivity contribution in [1.82, 2.24) is 20.2 Å². The average molecular weight is 262 g/mol. The Morgan fingerprint density at radius 3 is 2.68 bits per heavy atom. The second-order valence-electron chi connectivity index (χ2n) is 5.55. The van der Waals surface area contributed by atoms with Gasteiger partial charge >= 0.3 is 0 Å². The van der Waals surface area contributed by atoms with E-state index in [2.05, 4.69) is 27.2 Å². The summed E-state index contributed by atoms with van der Waals surface area (Å²) in [6.07, 6.45) is 13.6. The zero-order valence-corrected chi connectivity index (χ0v) is 12.0. The predicted octanol–water partition coefficient (Wildman–Crippen LogP) is 2.22. The summed E-state index contributed by atoms with van der Waals surface area (Å²) < 4.78 is 0. The molecule has 1 saturated carbocycles. The topological polar surface area (TPSA) is 41.0 Å². The zero-order valence-electron chi connectivity index (χ0n) is 12.0. The van der Waals surface area contributed by atoms with Gasteiger partial charge < -0.3 is 10.2 Å². The Labute approximate surface area is 116 Å². The van der Waals surface area contributed by atoms with E-state index in [0.29, 0.717) is 0 Å². The summed E-state index contributed by atoms with van der Waals surface area (Å²) in [4.78, 5) is 10.6. The van der Waals surface area contributed by atoms with E-state index in [1.54, 1.807) is 6.33 Å². The Morgan fingerprint density at radius 1 is 1.21 bits per heavy atom. The molecule has 0 unspecified atom stereocenters. The van der Waals surface area contributed by atoms with Crippen LogP contribution in [0, 0.1) is 0 Å². The van der Waals surface area contributed by atoms with Crippen LogP contribution in [0.5, 0.6) is 0 Å². The van der Waals surface area contributed by atoms with Crippen LogP contribution in [-0.4, -0.2) is 41.0 Å². The molecule has 1 fully saturated rings. The molecule has 4 nitrogen and oxygen atoms in total. The molecule has 1 heterocycles. The van der Waals surface area contributed by atoms with Gasteiger partial charge in [-0.2, -0.15) is 0 Å². The highest BCUT2D eigenvalue weighted by atomic mass is 15.1. The second-order valence-corrected chi connectivity index (χ2v) is 5.55. The first-order chi connectivity index (χ1) is 9.36. The lowest BCUT2D eigenvalue weighted by molar-refractivity contribution is 0.189. The van der Waals surface area contributed by atoms with E-state index in [9.17, 15) is 0 Å². The molecular formula is C15H26N4. The average Bonchev–Trinajstić information content (AvgIpc) is 2.49. The van der Waals surface area contributed by atoms with Crippen LogP contribution < -0.4 is 5.32 Å². The predicted molar refractivity (Wildman–Crippen MR) is 77.9 cm³/mol. The molecule has 0 atom stereocenters. The third-order valence-electron chi connectivity index (χ3n) is 4.01. The van der Waals surface area contributed by atoms with Crippen molar-refractivity contribution in [3.8, 4) is 0 Å². The van der Waals surface area contributed by atoms with Gasteiger partial charge in [-0.1, -0.05) is 19.3 Å². The number of nitrogens with one attached hydrogen (secondary N) is 1. The molecule has 0 saturated heterocycles. The number of aromatic nitrogens is 2. The fourth-order valence-electron chi connectivity index (χ4n) is 2.81. The summed E-state index contributed by atoms with van der Waals surface area (Å²) in [5.74, 6) is 0. The van der Waals surface area contributed by atoms with E-state index < -0.39 is 0 Å². The standard InChI is InChI=1S/C15H26N4/c1-19(15-6-3-2-4-7-15)9-5-8-16-10-14-11-17-13-18-12-14/h11-13,15-16H,2-10H2,1H3. The van der Waals surface area contributed by atoms with Gasteiger partial charge in [0.25, 0.3) is 0 Å². The van der Waals surface area contributed by atoms with E-state index in [-0.39, 0.29) is 0 Å². The minimum atomic E-state index is 0.830. The molecule has 1 aromatic rings. The molecule has 2 rings (SSSR count). The van der Waals surface area contributed by atoms with Gasteiger partial charge in [0.1, 0.15) is 6.33 Å². The normalized spacial score (nSPS) is 16.9. The second kappa shape index (κ2) is 8.23. The maximum atomic E-state index is 4.01. The van der Waals surface area contributed by atoms with Crippen LogP contribution in [0.1, 0.15) is 44.1 Å². The molecular weight excluding hydrogens is 236 g/mol. The van der Waals surface area contributed by atoms with Crippen molar-refractivity contribution in [2.24, 2.45) is 0 Å². The molecule has 1 aromatic heterocycles. The summed E-state index contributed by atoms with van der Waals surface area (Å²) in [6.45, 7) is 3.13. The molecule has 1 N–H and O–H groups in total. The van der Waals surface area contributed by atoms with Gasteiger partial charge in [0.05, 0.1) is 0 Å². The van der Waals surface area contributed by atoms with Crippen LogP contribution in [0.4, 0.5) is 0 Å². The van der Waals surface area contributed by atoms with Crippen LogP contribution >= 0.6 is 0 Å². The molecule has 0 spiro atoms. The Kier molecular flexibility index (Phi) is 6.24. The zero-order chi connectivity index (χ0) is 13.3. The quantitative estimate of drug-likeness (QED) is 0.765. The largest absolute Gasteiger partial charge is 0.313 e. The number of rotatable bonds is 7. The Hall–Kier alpha value is -1.00. The van der Waals surface area contributed by atoms with Crippen LogP contribution in [0.2, 0.25) is 0 Å². The first-order valence-corrected chi connectivity index (χ1v) is 7.51. The van der Waals surface area contributed by atoms with Crippen molar-refractivity contribution in [3.05, 3.63) is 24.3 Å². The van der Waals surface area contributed by atoms with Gasteiger partial charge in [-0.25, -0.2) is 9.97 Å². The van der Waals surface area contributed by atoms with Crippen molar-refractivity contribution >= 4 is 0 Å². The van der Waals surface area contributed by atoms with Crippen LogP contribution in [0.15, 0.2) is 18.7 Å². The maximum Gasteiger partial charge on any atom is 0.115 e. The minimum absolute atomic E-state index is 0.830. The van der Waals surface area contributed by atoms with E-state index in [4.69, 9.17) is 0 Å². The molecule has 106 valence electrons. The molecule has 1 aliphatic rings. The van der Waals surface area contributed by atoms with Crippen molar-refractivity contribution in [2.75, 3.05) is 20.1 Å². The number of hydrogen-bond donors (Lipinski definition) is 1. The molecule has 0 amide bonds. The van der Waals surface area contributed by atoms with Gasteiger partial charge in [0.2, 0.25) is 0 Å². The lowest BCUT2D eigenvalue weighted by Gasteiger charge is -2.31. The van der Waals surface area contributed by atoms with Gasteiger partial charge in [-0.15, -0.1) is 0 Å². The molecule has 0 radical (unpaired) electrons. The van der Waals surface area contributed by atoms with Crippen molar-refractivity contribution < 1.29 is 0 Å². The first kappa shape index (κ1) is 14.4. The third kappa shape index (κ3) is 5.25. The van der Waals surface area contributed by atoms with E-state index in [1.807, 2.05) is 12.4 Å². The monoisotopic (exact) mass is 262 g/mol. The van der Waals surface area contributed by atoms with E-state index in [1.165, 1.54) is 45.1 Å². The van der Waals surface area contributed by atoms with Crippen LogP contribution in [0.25, 0.3) is 0 Å². The molecule has 0 aliphatic heterocycles. The van der Waals surface area contributed by atoms with Gasteiger partial charge in [0.15, 0.2) is 0 Å². The highest BCUT2D eigenvalue weighted by Crippen LogP contribution is 2.21. The highest BCUT2D eigenvalue weighted by Gasteiger charge is 2.16. The van der Waals surface area contributed by atoms with Gasteiger partial charge in [-0.3, -0.25) is 0 Å². The summed E-state index contributed by atoms with van der Waals surface area (Å²) >= 11 is 0. The lowest BCUT2D eigenvalue weighted by atomic mass is 9.94. The maximum absolute atomic E-state index is 4.01. The van der Waals surface area contributed by atoms with Gasteiger partial charge in [0, 0.05) is 30.5 Å². The van der Waals surface area contributed by atoms with Gasteiger partial charge in [-0.05, 0) is 39.4 Å². The molecule has 19 heavy (non-hydrogen) atoms. The fraction of sp³-hybridized carbons (Fsp3) is 0.733. The van der Waals surface area contributed by atoms with E-state index >= 15 is 0 Å². The molecule has 1 aliphatic carbocycles. The van der Waals surface area contributed by atoms with Crippen LogP contribution in [0.3, 0.4) is 0 Å². The fourth-order valence-corrected chi connectivity index (χ4v) is 2.81. The lowest BCUT2D eigenvalue weighted by Crippen LogP contribution is -2.35. The van der Waals surface area contributed by atoms with Crippen molar-refractivity contribution in [3.63, 3.8) is 0 Å². The Bertz CT molecular complexity index is 335. The molecule has 0 bridgehead atoms. The van der Waals surface area contributed by atoms with Crippen molar-refractivity contribution in [2.45, 2.75) is 51.1 Å². The highest BCUT2D eigenvalue weighted by molar-refractivity contribution is 5.01. The summed E-state index contributed by atoms with van der Waals surface area (Å²) in [7, 11) is 2.28. The summed E-state index contributed by atoms with van der Waals surface area (Å²) in [5.41, 5.74) is 1.16. The smallest absolute Gasteiger partial charge is 0.115 e. The number of nitrogens with zero attached hydrogens (tertiary/aromatic N) is 3. The minimum Gasteiger partial charge on any atom is -0.313 e. The third-order valence-corrected chi connectivity index (χ3v) is 4.01.